The summed E-state index contributed by atoms with van der Waals surface area (Å²) in [5.41, 5.74) is 0.967. The van der Waals surface area contributed by atoms with Gasteiger partial charge < -0.3 is 19.7 Å². The molecule has 1 aromatic rings. The van der Waals surface area contributed by atoms with Crippen LogP contribution >= 0.6 is 0 Å². The summed E-state index contributed by atoms with van der Waals surface area (Å²) in [6.45, 7) is 2.84. The molecule has 5 heteroatoms. The Labute approximate surface area is 131 Å². The van der Waals surface area contributed by atoms with Crippen LogP contribution in [0.2, 0.25) is 0 Å². The summed E-state index contributed by atoms with van der Waals surface area (Å²) in [4.78, 5) is 14.6. The zero-order chi connectivity index (χ0) is 15.5. The highest BCUT2D eigenvalue weighted by Gasteiger charge is 2.34. The SMILES string of the molecule is COc1ccc(CC(=O)N2CCC3NCCC3C2)cc1OC. The minimum absolute atomic E-state index is 0.206. The molecule has 22 heavy (non-hydrogen) atoms. The first kappa shape index (κ1) is 15.2. The van der Waals surface area contributed by atoms with Crippen LogP contribution in [0.1, 0.15) is 18.4 Å². The molecule has 1 amide bonds. The number of nitrogens with zero attached hydrogens (tertiary/aromatic N) is 1. The van der Waals surface area contributed by atoms with Crippen LogP contribution in [0.5, 0.6) is 11.5 Å². The Balaban J connectivity index is 1.64. The molecule has 2 atom stereocenters. The van der Waals surface area contributed by atoms with Crippen molar-refractivity contribution in [2.75, 3.05) is 33.9 Å². The number of benzene rings is 1. The number of fused-ring (bicyclic) bond motifs is 1. The van der Waals surface area contributed by atoms with Gasteiger partial charge in [-0.25, -0.2) is 0 Å². The third-order valence-electron chi connectivity index (χ3n) is 4.81. The largest absolute Gasteiger partial charge is 0.493 e. The molecule has 2 saturated heterocycles. The van der Waals surface area contributed by atoms with Crippen LogP contribution in [0.15, 0.2) is 18.2 Å². The second-order valence-electron chi connectivity index (χ2n) is 6.10. The van der Waals surface area contributed by atoms with E-state index in [-0.39, 0.29) is 5.91 Å². The average molecular weight is 304 g/mol. The van der Waals surface area contributed by atoms with E-state index in [2.05, 4.69) is 5.32 Å². The number of likely N-dealkylation sites (tertiary alicyclic amines) is 1. The van der Waals surface area contributed by atoms with Crippen LogP contribution in [0.4, 0.5) is 0 Å². The van der Waals surface area contributed by atoms with E-state index < -0.39 is 0 Å². The molecule has 5 nitrogen and oxygen atoms in total. The lowest BCUT2D eigenvalue weighted by Gasteiger charge is -2.35. The molecule has 2 unspecified atom stereocenters. The molecule has 1 aromatic carbocycles. The Morgan fingerprint density at radius 2 is 2.09 bits per heavy atom. The van der Waals surface area contributed by atoms with E-state index in [4.69, 9.17) is 9.47 Å². The topological polar surface area (TPSA) is 50.8 Å². The first-order chi connectivity index (χ1) is 10.7. The Morgan fingerprint density at radius 3 is 2.86 bits per heavy atom. The third-order valence-corrected chi connectivity index (χ3v) is 4.81. The molecule has 0 radical (unpaired) electrons. The predicted octanol–water partition coefficient (Wildman–Crippen LogP) is 1.46. The van der Waals surface area contributed by atoms with Gasteiger partial charge in [0.1, 0.15) is 0 Å². The van der Waals surface area contributed by atoms with Crippen molar-refractivity contribution in [2.45, 2.75) is 25.3 Å². The van der Waals surface area contributed by atoms with Crippen LogP contribution < -0.4 is 14.8 Å². The molecule has 2 heterocycles. The maximum atomic E-state index is 12.5. The summed E-state index contributed by atoms with van der Waals surface area (Å²) in [6.07, 6.45) is 2.68. The Morgan fingerprint density at radius 1 is 1.27 bits per heavy atom. The molecule has 0 spiro atoms. The van der Waals surface area contributed by atoms with Crippen molar-refractivity contribution in [2.24, 2.45) is 5.92 Å². The summed E-state index contributed by atoms with van der Waals surface area (Å²) >= 11 is 0. The van der Waals surface area contributed by atoms with Gasteiger partial charge in [0.2, 0.25) is 5.91 Å². The molecule has 1 N–H and O–H groups in total. The average Bonchev–Trinajstić information content (AvgIpc) is 3.02. The lowest BCUT2D eigenvalue weighted by molar-refractivity contribution is -0.132. The number of amides is 1. The lowest BCUT2D eigenvalue weighted by atomic mass is 9.93. The molecule has 3 rings (SSSR count). The summed E-state index contributed by atoms with van der Waals surface area (Å²) in [7, 11) is 3.23. The number of nitrogens with one attached hydrogen (secondary N) is 1. The number of ether oxygens (including phenoxy) is 2. The molecule has 0 aliphatic carbocycles. The summed E-state index contributed by atoms with van der Waals surface area (Å²) in [5, 5.41) is 3.53. The Bertz CT molecular complexity index is 547. The molecule has 2 aliphatic heterocycles. The van der Waals surface area contributed by atoms with Gasteiger partial charge in [0.05, 0.1) is 20.6 Å². The van der Waals surface area contributed by atoms with Crippen LogP contribution in [0.25, 0.3) is 0 Å². The van der Waals surface area contributed by atoms with E-state index >= 15 is 0 Å². The quantitative estimate of drug-likeness (QED) is 0.915. The van der Waals surface area contributed by atoms with Gasteiger partial charge in [-0.2, -0.15) is 0 Å². The van der Waals surface area contributed by atoms with E-state index in [0.717, 1.165) is 31.6 Å². The number of rotatable bonds is 4. The highest BCUT2D eigenvalue weighted by atomic mass is 16.5. The maximum Gasteiger partial charge on any atom is 0.227 e. The monoisotopic (exact) mass is 304 g/mol. The standard InChI is InChI=1S/C17H24N2O3/c1-21-15-4-3-12(9-16(15)22-2)10-17(20)19-8-6-14-13(11-19)5-7-18-14/h3-4,9,13-14,18H,5-8,10-11H2,1-2H3. The number of methoxy groups -OCH3 is 2. The van der Waals surface area contributed by atoms with Gasteiger partial charge in [0, 0.05) is 19.1 Å². The molecule has 2 fully saturated rings. The van der Waals surface area contributed by atoms with Gasteiger partial charge in [0.15, 0.2) is 11.5 Å². The first-order valence-corrected chi connectivity index (χ1v) is 7.93. The van der Waals surface area contributed by atoms with Gasteiger partial charge in [-0.3, -0.25) is 4.79 Å². The van der Waals surface area contributed by atoms with Gasteiger partial charge in [-0.05, 0) is 43.0 Å². The van der Waals surface area contributed by atoms with E-state index in [1.807, 2.05) is 23.1 Å². The maximum absolute atomic E-state index is 12.5. The normalized spacial score (nSPS) is 24.0. The van der Waals surface area contributed by atoms with Crippen molar-refractivity contribution in [1.82, 2.24) is 10.2 Å². The van der Waals surface area contributed by atoms with Crippen LogP contribution in [0.3, 0.4) is 0 Å². The zero-order valence-electron chi connectivity index (χ0n) is 13.3. The molecule has 2 aliphatic rings. The minimum Gasteiger partial charge on any atom is -0.493 e. The summed E-state index contributed by atoms with van der Waals surface area (Å²) < 4.78 is 10.5. The second-order valence-corrected chi connectivity index (χ2v) is 6.10. The second kappa shape index (κ2) is 6.57. The van der Waals surface area contributed by atoms with Crippen LogP contribution in [0, 0.1) is 5.92 Å². The molecule has 0 saturated carbocycles. The fourth-order valence-corrected chi connectivity index (χ4v) is 3.55. The molecule has 120 valence electrons. The highest BCUT2D eigenvalue weighted by molar-refractivity contribution is 5.79. The van der Waals surface area contributed by atoms with Gasteiger partial charge in [0.25, 0.3) is 0 Å². The molecular weight excluding hydrogens is 280 g/mol. The highest BCUT2D eigenvalue weighted by Crippen LogP contribution is 2.29. The number of carbonyl (C=O) groups is 1. The number of carbonyl (C=O) groups excluding carboxylic acids is 1. The van der Waals surface area contributed by atoms with Crippen molar-refractivity contribution < 1.29 is 14.3 Å². The van der Waals surface area contributed by atoms with Crippen LogP contribution in [-0.2, 0) is 11.2 Å². The number of hydrogen-bond donors (Lipinski definition) is 1. The molecule has 0 bridgehead atoms. The summed E-state index contributed by atoms with van der Waals surface area (Å²) in [5.74, 6) is 2.20. The molecule has 0 aromatic heterocycles. The fourth-order valence-electron chi connectivity index (χ4n) is 3.55. The van der Waals surface area contributed by atoms with Crippen molar-refractivity contribution in [1.29, 1.82) is 0 Å². The van der Waals surface area contributed by atoms with E-state index in [9.17, 15) is 4.79 Å². The van der Waals surface area contributed by atoms with Crippen molar-refractivity contribution in [3.8, 4) is 11.5 Å². The molecular formula is C17H24N2O3. The summed E-state index contributed by atoms with van der Waals surface area (Å²) in [6, 6.07) is 6.29. The Kier molecular flexibility index (Phi) is 4.52. The third kappa shape index (κ3) is 3.04. The fraction of sp³-hybridized carbons (Fsp3) is 0.588. The number of piperidine rings is 1. The Hall–Kier alpha value is -1.75. The number of hydrogen-bond acceptors (Lipinski definition) is 4. The van der Waals surface area contributed by atoms with E-state index in [1.165, 1.54) is 6.42 Å². The van der Waals surface area contributed by atoms with Crippen molar-refractivity contribution in [3.63, 3.8) is 0 Å². The smallest absolute Gasteiger partial charge is 0.227 e. The van der Waals surface area contributed by atoms with E-state index in [1.54, 1.807) is 14.2 Å². The first-order valence-electron chi connectivity index (χ1n) is 7.93. The van der Waals surface area contributed by atoms with Gasteiger partial charge in [-0.1, -0.05) is 6.07 Å². The van der Waals surface area contributed by atoms with Gasteiger partial charge >= 0.3 is 0 Å². The van der Waals surface area contributed by atoms with Crippen molar-refractivity contribution in [3.05, 3.63) is 23.8 Å². The minimum atomic E-state index is 0.206. The van der Waals surface area contributed by atoms with Crippen LogP contribution in [-0.4, -0.2) is 50.7 Å². The van der Waals surface area contributed by atoms with Gasteiger partial charge in [-0.15, -0.1) is 0 Å². The zero-order valence-corrected chi connectivity index (χ0v) is 13.3. The lowest BCUT2D eigenvalue weighted by Crippen LogP contribution is -2.47. The van der Waals surface area contributed by atoms with E-state index in [0.29, 0.717) is 29.9 Å². The van der Waals surface area contributed by atoms with Crippen molar-refractivity contribution >= 4 is 5.91 Å². The predicted molar refractivity (Wildman–Crippen MR) is 84.3 cm³/mol.